The Hall–Kier alpha value is -1.44. The molecule has 0 aliphatic rings. The van der Waals surface area contributed by atoms with Crippen molar-refractivity contribution in [1.29, 1.82) is 0 Å². The zero-order valence-electron chi connectivity index (χ0n) is 14.2. The van der Waals surface area contributed by atoms with Crippen LogP contribution in [0.1, 0.15) is 34.1 Å². The lowest BCUT2D eigenvalue weighted by Gasteiger charge is -2.25. The molecule has 1 aromatic carbocycles. The van der Waals surface area contributed by atoms with Crippen LogP contribution in [0.15, 0.2) is 29.2 Å². The van der Waals surface area contributed by atoms with Gasteiger partial charge in [0.1, 0.15) is 0 Å². The first-order chi connectivity index (χ1) is 10.6. The smallest absolute Gasteiger partial charge is 0.240 e. The predicted molar refractivity (Wildman–Crippen MR) is 92.6 cm³/mol. The first-order valence-corrected chi connectivity index (χ1v) is 9.18. The van der Waals surface area contributed by atoms with Crippen LogP contribution < -0.4 is 15.8 Å². The number of benzene rings is 1. The molecule has 0 aliphatic carbocycles. The topological polar surface area (TPSA) is 101 Å². The van der Waals surface area contributed by atoms with Gasteiger partial charge in [0.25, 0.3) is 0 Å². The highest BCUT2D eigenvalue weighted by Gasteiger charge is 2.28. The lowest BCUT2D eigenvalue weighted by molar-refractivity contribution is -0.124. The summed E-state index contributed by atoms with van der Waals surface area (Å²) in [6.45, 7) is 8.27. The summed E-state index contributed by atoms with van der Waals surface area (Å²) in [6.07, 6.45) is 0.745. The van der Waals surface area contributed by atoms with Gasteiger partial charge in [0, 0.05) is 24.2 Å². The van der Waals surface area contributed by atoms with Crippen LogP contribution in [-0.4, -0.2) is 27.4 Å². The Bertz CT molecular complexity index is 640. The van der Waals surface area contributed by atoms with Crippen LogP contribution in [0.5, 0.6) is 0 Å². The molecule has 0 atom stereocenters. The lowest BCUT2D eigenvalue weighted by atomic mass is 9.83. The van der Waals surface area contributed by atoms with E-state index in [9.17, 15) is 13.2 Å². The average molecular weight is 341 g/mol. The summed E-state index contributed by atoms with van der Waals surface area (Å²) in [5, 5.41) is 2.80. The number of hydrogen-bond donors (Lipinski definition) is 3. The van der Waals surface area contributed by atoms with Gasteiger partial charge in [-0.1, -0.05) is 33.8 Å². The van der Waals surface area contributed by atoms with Crippen LogP contribution in [0.2, 0.25) is 0 Å². The van der Waals surface area contributed by atoms with Gasteiger partial charge in [0.05, 0.1) is 4.90 Å². The number of sulfonamides is 1. The zero-order chi connectivity index (χ0) is 17.7. The summed E-state index contributed by atoms with van der Waals surface area (Å²) in [5.74, 6) is 0.263. The Kier molecular flexibility index (Phi) is 6.73. The number of carbonyl (C=O) groups excluding carboxylic acids is 1. The molecule has 23 heavy (non-hydrogen) atoms. The van der Waals surface area contributed by atoms with E-state index in [0.29, 0.717) is 11.6 Å². The van der Waals surface area contributed by atoms with Crippen LogP contribution in [0, 0.1) is 11.3 Å². The standard InChI is InChI=1S/C16H27N3O3S/c1-12(2)11-16(3,4)15(20)19-13-6-5-7-14(10-13)23(21,22)18-9-8-17/h5-7,10,12,18H,8-9,11,17H2,1-4H3,(H,19,20). The first-order valence-electron chi connectivity index (χ1n) is 7.70. The third-order valence-corrected chi connectivity index (χ3v) is 4.83. The summed E-state index contributed by atoms with van der Waals surface area (Å²) in [7, 11) is -3.62. The highest BCUT2D eigenvalue weighted by Crippen LogP contribution is 2.27. The molecule has 1 aromatic rings. The Morgan fingerprint density at radius 3 is 2.52 bits per heavy atom. The molecule has 1 rings (SSSR count). The molecule has 0 heterocycles. The van der Waals surface area contributed by atoms with Gasteiger partial charge < -0.3 is 11.1 Å². The van der Waals surface area contributed by atoms with Crippen molar-refractivity contribution < 1.29 is 13.2 Å². The lowest BCUT2D eigenvalue weighted by Crippen LogP contribution is -2.32. The van der Waals surface area contributed by atoms with E-state index in [-0.39, 0.29) is 23.9 Å². The molecule has 4 N–H and O–H groups in total. The molecule has 0 spiro atoms. The Morgan fingerprint density at radius 1 is 1.30 bits per heavy atom. The Morgan fingerprint density at radius 2 is 1.96 bits per heavy atom. The van der Waals surface area contributed by atoms with Crippen molar-refractivity contribution in [3.63, 3.8) is 0 Å². The van der Waals surface area contributed by atoms with Gasteiger partial charge in [0.2, 0.25) is 15.9 Å². The molecule has 0 aromatic heterocycles. The van der Waals surface area contributed by atoms with Crippen molar-refractivity contribution in [2.75, 3.05) is 18.4 Å². The van der Waals surface area contributed by atoms with E-state index in [2.05, 4.69) is 23.9 Å². The van der Waals surface area contributed by atoms with Crippen LogP contribution >= 0.6 is 0 Å². The predicted octanol–water partition coefficient (Wildman–Crippen LogP) is 1.93. The third kappa shape index (κ3) is 5.93. The van der Waals surface area contributed by atoms with Crippen LogP contribution in [-0.2, 0) is 14.8 Å². The van der Waals surface area contributed by atoms with Gasteiger partial charge in [-0.15, -0.1) is 0 Å². The van der Waals surface area contributed by atoms with Crippen LogP contribution in [0.4, 0.5) is 5.69 Å². The summed E-state index contributed by atoms with van der Waals surface area (Å²) in [6, 6.07) is 6.20. The second kappa shape index (κ2) is 7.90. The van der Waals surface area contributed by atoms with E-state index in [0.717, 1.165) is 6.42 Å². The van der Waals surface area contributed by atoms with Gasteiger partial charge in [0.15, 0.2) is 0 Å². The number of nitrogens with two attached hydrogens (primary N) is 1. The number of rotatable bonds is 8. The van der Waals surface area contributed by atoms with Crippen LogP contribution in [0.25, 0.3) is 0 Å². The van der Waals surface area contributed by atoms with E-state index in [1.165, 1.54) is 12.1 Å². The minimum Gasteiger partial charge on any atom is -0.329 e. The van der Waals surface area contributed by atoms with Gasteiger partial charge in [-0.3, -0.25) is 4.79 Å². The molecular weight excluding hydrogens is 314 g/mol. The molecule has 0 saturated heterocycles. The van der Waals surface area contributed by atoms with Gasteiger partial charge in [-0.25, -0.2) is 13.1 Å². The number of carbonyl (C=O) groups is 1. The second-order valence-electron chi connectivity index (χ2n) is 6.65. The van der Waals surface area contributed by atoms with E-state index in [1.807, 2.05) is 13.8 Å². The Labute approximate surface area is 138 Å². The van der Waals surface area contributed by atoms with Crippen LogP contribution in [0.3, 0.4) is 0 Å². The van der Waals surface area contributed by atoms with Gasteiger partial charge >= 0.3 is 0 Å². The quantitative estimate of drug-likeness (QED) is 0.672. The molecular formula is C16H27N3O3S. The Balaban J connectivity index is 2.91. The highest BCUT2D eigenvalue weighted by atomic mass is 32.2. The molecule has 0 unspecified atom stereocenters. The van der Waals surface area contributed by atoms with E-state index in [1.54, 1.807) is 12.1 Å². The molecule has 0 fully saturated rings. The number of anilines is 1. The molecule has 6 nitrogen and oxygen atoms in total. The summed E-state index contributed by atoms with van der Waals surface area (Å²) in [4.78, 5) is 12.5. The number of hydrogen-bond acceptors (Lipinski definition) is 4. The van der Waals surface area contributed by atoms with Crippen molar-refractivity contribution in [2.24, 2.45) is 17.1 Å². The van der Waals surface area contributed by atoms with Crippen molar-refractivity contribution >= 4 is 21.6 Å². The molecule has 7 heteroatoms. The fourth-order valence-corrected chi connectivity index (χ4v) is 3.52. The first kappa shape index (κ1) is 19.6. The number of nitrogens with one attached hydrogen (secondary N) is 2. The third-order valence-electron chi connectivity index (χ3n) is 3.37. The molecule has 0 saturated carbocycles. The average Bonchev–Trinajstić information content (AvgIpc) is 2.44. The molecule has 0 bridgehead atoms. The zero-order valence-corrected chi connectivity index (χ0v) is 15.0. The normalized spacial score (nSPS) is 12.4. The highest BCUT2D eigenvalue weighted by molar-refractivity contribution is 7.89. The molecule has 0 radical (unpaired) electrons. The number of amides is 1. The summed E-state index contributed by atoms with van der Waals surface area (Å²) in [5.41, 5.74) is 5.25. The summed E-state index contributed by atoms with van der Waals surface area (Å²) < 4.78 is 26.6. The van der Waals surface area contributed by atoms with E-state index < -0.39 is 15.4 Å². The fraction of sp³-hybridized carbons (Fsp3) is 0.562. The maximum Gasteiger partial charge on any atom is 0.240 e. The maximum atomic E-state index is 12.4. The largest absolute Gasteiger partial charge is 0.329 e. The second-order valence-corrected chi connectivity index (χ2v) is 8.42. The van der Waals surface area contributed by atoms with Crippen molar-refractivity contribution in [3.05, 3.63) is 24.3 Å². The molecule has 130 valence electrons. The molecule has 0 aliphatic heterocycles. The minimum absolute atomic E-state index is 0.102. The SMILES string of the molecule is CC(C)CC(C)(C)C(=O)Nc1cccc(S(=O)(=O)NCCN)c1. The van der Waals surface area contributed by atoms with E-state index in [4.69, 9.17) is 5.73 Å². The summed E-state index contributed by atoms with van der Waals surface area (Å²) >= 11 is 0. The van der Waals surface area contributed by atoms with Gasteiger partial charge in [-0.05, 0) is 30.5 Å². The monoisotopic (exact) mass is 341 g/mol. The van der Waals surface area contributed by atoms with Gasteiger partial charge in [-0.2, -0.15) is 0 Å². The van der Waals surface area contributed by atoms with Crippen molar-refractivity contribution in [1.82, 2.24) is 4.72 Å². The maximum absolute atomic E-state index is 12.4. The van der Waals surface area contributed by atoms with Crippen molar-refractivity contribution in [2.45, 2.75) is 39.0 Å². The van der Waals surface area contributed by atoms with E-state index >= 15 is 0 Å². The molecule has 1 amide bonds. The fourth-order valence-electron chi connectivity index (χ4n) is 2.43. The minimum atomic E-state index is -3.62. The van der Waals surface area contributed by atoms with Crippen molar-refractivity contribution in [3.8, 4) is 0 Å².